The zero-order chi connectivity index (χ0) is 6.62. The molecule has 3 nitrogen and oxygen atoms in total. The molecule has 0 radical (unpaired) electrons. The lowest BCUT2D eigenvalue weighted by atomic mass is 10.0. The second-order valence-electron chi connectivity index (χ2n) is 2.46. The summed E-state index contributed by atoms with van der Waals surface area (Å²) in [6, 6.07) is 0. The molecule has 0 fully saturated rings. The molecule has 0 spiro atoms. The van der Waals surface area contributed by atoms with Crippen molar-refractivity contribution < 1.29 is 4.94 Å². The van der Waals surface area contributed by atoms with Gasteiger partial charge in [0.05, 0.1) is 0 Å². The van der Waals surface area contributed by atoms with Crippen LogP contribution in [0, 0.1) is 0 Å². The highest BCUT2D eigenvalue weighted by Crippen LogP contribution is 2.04. The second-order valence-corrected chi connectivity index (χ2v) is 2.46. The lowest BCUT2D eigenvalue weighted by molar-refractivity contribution is -0.0145. The second kappa shape index (κ2) is 3.02. The molecule has 0 bridgehead atoms. The van der Waals surface area contributed by atoms with Crippen LogP contribution in [0.1, 0.15) is 27.2 Å². The molecular weight excluding hydrogens is 104 g/mol. The Morgan fingerprint density at radius 2 is 2.12 bits per heavy atom. The lowest BCUT2D eigenvalue weighted by Gasteiger charge is -2.21. The van der Waals surface area contributed by atoms with Gasteiger partial charge in [0.1, 0.15) is 0 Å². The van der Waals surface area contributed by atoms with Crippen molar-refractivity contribution in [3.8, 4) is 0 Å². The fourth-order valence-corrected chi connectivity index (χ4v) is 0.232. The molecule has 0 saturated heterocycles. The van der Waals surface area contributed by atoms with Crippen LogP contribution in [0.15, 0.2) is 0 Å². The Morgan fingerprint density at radius 3 is 2.25 bits per heavy atom. The van der Waals surface area contributed by atoms with Crippen molar-refractivity contribution in [3.05, 3.63) is 0 Å². The first kappa shape index (κ1) is 7.88. The highest BCUT2D eigenvalue weighted by molar-refractivity contribution is 4.69. The quantitative estimate of drug-likeness (QED) is 0.532. The molecule has 8 heavy (non-hydrogen) atoms. The van der Waals surface area contributed by atoms with E-state index in [2.05, 4.69) is 17.3 Å². The molecule has 0 unspecified atom stereocenters. The third-order valence-electron chi connectivity index (χ3n) is 1.22. The normalized spacial score (nSPS) is 12.0. The summed E-state index contributed by atoms with van der Waals surface area (Å²) in [5, 5.41) is 0. The Labute approximate surface area is 50.1 Å². The average molecular weight is 118 g/mol. The third kappa shape index (κ3) is 2.96. The monoisotopic (exact) mass is 118 g/mol. The van der Waals surface area contributed by atoms with Gasteiger partial charge in [-0.15, -0.1) is 0 Å². The number of hydrogen-bond donors (Lipinski definition) is 2. The van der Waals surface area contributed by atoms with Crippen LogP contribution < -0.4 is 11.4 Å². The van der Waals surface area contributed by atoms with Crippen molar-refractivity contribution in [1.29, 1.82) is 0 Å². The van der Waals surface area contributed by atoms with E-state index in [9.17, 15) is 0 Å². The summed E-state index contributed by atoms with van der Waals surface area (Å²) >= 11 is 0. The van der Waals surface area contributed by atoms with Crippen molar-refractivity contribution in [2.75, 3.05) is 0 Å². The minimum absolute atomic E-state index is 0.00521. The molecular formula is C5H14N2O. The third-order valence-corrected chi connectivity index (χ3v) is 1.22. The van der Waals surface area contributed by atoms with Crippen molar-refractivity contribution in [2.24, 2.45) is 5.90 Å². The van der Waals surface area contributed by atoms with Gasteiger partial charge in [-0.25, -0.2) is 4.94 Å². The first-order chi connectivity index (χ1) is 3.62. The Morgan fingerprint density at radius 1 is 1.62 bits per heavy atom. The summed E-state index contributed by atoms with van der Waals surface area (Å²) < 4.78 is 0. The summed E-state index contributed by atoms with van der Waals surface area (Å²) in [7, 11) is 0. The molecule has 0 amide bonds. The summed E-state index contributed by atoms with van der Waals surface area (Å²) in [4.78, 5) is 4.25. The zero-order valence-electron chi connectivity index (χ0n) is 5.69. The van der Waals surface area contributed by atoms with Crippen LogP contribution >= 0.6 is 0 Å². The predicted octanol–water partition coefficient (Wildman–Crippen LogP) is 0.570. The number of rotatable bonds is 3. The van der Waals surface area contributed by atoms with Gasteiger partial charge in [-0.1, -0.05) is 6.92 Å². The van der Waals surface area contributed by atoms with E-state index in [1.807, 2.05) is 13.8 Å². The van der Waals surface area contributed by atoms with Crippen molar-refractivity contribution >= 4 is 0 Å². The van der Waals surface area contributed by atoms with E-state index in [-0.39, 0.29) is 5.54 Å². The molecule has 50 valence electrons. The Balaban J connectivity index is 3.37. The van der Waals surface area contributed by atoms with Crippen molar-refractivity contribution in [1.82, 2.24) is 5.48 Å². The molecule has 0 aliphatic carbocycles. The molecule has 0 aliphatic rings. The van der Waals surface area contributed by atoms with Crippen LogP contribution in [-0.2, 0) is 4.94 Å². The molecule has 0 saturated carbocycles. The molecule has 0 heterocycles. The van der Waals surface area contributed by atoms with Gasteiger partial charge < -0.3 is 0 Å². The fourth-order valence-electron chi connectivity index (χ4n) is 0.232. The number of hydroxylamine groups is 1. The number of nitrogens with two attached hydrogens (primary N) is 1. The average Bonchev–Trinajstić information content (AvgIpc) is 1.67. The van der Waals surface area contributed by atoms with Crippen LogP contribution in [0.5, 0.6) is 0 Å². The highest BCUT2D eigenvalue weighted by atomic mass is 16.8. The van der Waals surface area contributed by atoms with Crippen LogP contribution in [-0.4, -0.2) is 5.54 Å². The number of nitrogens with one attached hydrogen (secondary N) is 1. The molecule has 0 aliphatic heterocycles. The summed E-state index contributed by atoms with van der Waals surface area (Å²) in [6.07, 6.45) is 0.990. The summed E-state index contributed by atoms with van der Waals surface area (Å²) in [6.45, 7) is 6.09. The van der Waals surface area contributed by atoms with Gasteiger partial charge >= 0.3 is 0 Å². The largest absolute Gasteiger partial charge is 0.216 e. The lowest BCUT2D eigenvalue weighted by Crippen LogP contribution is -2.40. The Kier molecular flexibility index (Phi) is 2.97. The maximum Gasteiger partial charge on any atom is 0.0392 e. The van der Waals surface area contributed by atoms with E-state index in [1.54, 1.807) is 0 Å². The van der Waals surface area contributed by atoms with Gasteiger partial charge in [0, 0.05) is 5.54 Å². The van der Waals surface area contributed by atoms with Crippen LogP contribution in [0.2, 0.25) is 0 Å². The minimum atomic E-state index is -0.00521. The van der Waals surface area contributed by atoms with Crippen LogP contribution in [0.4, 0.5) is 0 Å². The Bertz CT molecular complexity index is 63.4. The molecule has 0 aromatic rings. The van der Waals surface area contributed by atoms with Crippen LogP contribution in [0.3, 0.4) is 0 Å². The van der Waals surface area contributed by atoms with Crippen molar-refractivity contribution in [2.45, 2.75) is 32.7 Å². The van der Waals surface area contributed by atoms with Gasteiger partial charge in [-0.3, -0.25) is 0 Å². The van der Waals surface area contributed by atoms with Gasteiger partial charge in [0.25, 0.3) is 0 Å². The smallest absolute Gasteiger partial charge is 0.0392 e. The number of hydrogen-bond acceptors (Lipinski definition) is 3. The summed E-state index contributed by atoms with van der Waals surface area (Å²) in [5.41, 5.74) is 2.64. The fraction of sp³-hybridized carbons (Fsp3) is 1.00. The van der Waals surface area contributed by atoms with E-state index in [4.69, 9.17) is 5.90 Å². The van der Waals surface area contributed by atoms with Crippen LogP contribution in [0.25, 0.3) is 0 Å². The van der Waals surface area contributed by atoms with E-state index in [0.29, 0.717) is 0 Å². The first-order valence-electron chi connectivity index (χ1n) is 2.75. The predicted molar refractivity (Wildman–Crippen MR) is 32.8 cm³/mol. The van der Waals surface area contributed by atoms with E-state index in [1.165, 1.54) is 0 Å². The van der Waals surface area contributed by atoms with Gasteiger partial charge in [0.15, 0.2) is 0 Å². The molecule has 3 N–H and O–H groups in total. The molecule has 0 rings (SSSR count). The Hall–Kier alpha value is -0.120. The topological polar surface area (TPSA) is 47.3 Å². The van der Waals surface area contributed by atoms with E-state index >= 15 is 0 Å². The molecule has 0 aromatic carbocycles. The van der Waals surface area contributed by atoms with Gasteiger partial charge in [0.2, 0.25) is 0 Å². The maximum absolute atomic E-state index is 4.78. The van der Waals surface area contributed by atoms with E-state index in [0.717, 1.165) is 6.42 Å². The SMILES string of the molecule is CCC(C)(C)NON. The zero-order valence-corrected chi connectivity index (χ0v) is 5.69. The van der Waals surface area contributed by atoms with Gasteiger partial charge in [-0.05, 0) is 20.3 Å². The highest BCUT2D eigenvalue weighted by Gasteiger charge is 2.12. The molecule has 0 atom stereocenters. The maximum atomic E-state index is 4.78. The first-order valence-corrected chi connectivity index (χ1v) is 2.75. The molecule has 3 heteroatoms. The van der Waals surface area contributed by atoms with Gasteiger partial charge in [-0.2, -0.15) is 11.4 Å². The minimum Gasteiger partial charge on any atom is -0.216 e. The standard InChI is InChI=1S/C5H14N2O/c1-4-5(2,3)7-8-6/h7H,4,6H2,1-3H3. The van der Waals surface area contributed by atoms with E-state index < -0.39 is 0 Å². The molecule has 0 aromatic heterocycles. The van der Waals surface area contributed by atoms with Crippen molar-refractivity contribution in [3.63, 3.8) is 0 Å². The summed E-state index contributed by atoms with van der Waals surface area (Å²) in [5.74, 6) is 4.78.